The van der Waals surface area contributed by atoms with Crippen molar-refractivity contribution in [1.29, 1.82) is 0 Å². The summed E-state index contributed by atoms with van der Waals surface area (Å²) in [5, 5.41) is 3.61. The molecule has 0 spiro atoms. The molecule has 9 nitrogen and oxygen atoms in total. The predicted octanol–water partition coefficient (Wildman–Crippen LogP) is 2.53. The average molecular weight is 452 g/mol. The minimum absolute atomic E-state index is 0.125. The van der Waals surface area contributed by atoms with E-state index in [0.29, 0.717) is 34.2 Å². The number of amides is 1. The Morgan fingerprint density at radius 2 is 2.00 bits per heavy atom. The van der Waals surface area contributed by atoms with Gasteiger partial charge in [0.25, 0.3) is 5.91 Å². The van der Waals surface area contributed by atoms with Crippen molar-refractivity contribution in [1.82, 2.24) is 10.9 Å². The summed E-state index contributed by atoms with van der Waals surface area (Å²) in [6.07, 6.45) is 0.683. The maximum Gasteiger partial charge on any atom is 0.341 e. The number of carbonyl (C=O) groups is 2. The number of benzene rings is 1. The third-order valence-electron chi connectivity index (χ3n) is 4.21. The van der Waals surface area contributed by atoms with Crippen LogP contribution in [0.25, 0.3) is 0 Å². The van der Waals surface area contributed by atoms with Gasteiger partial charge in [0.1, 0.15) is 10.8 Å². The number of hydrogen-bond acceptors (Lipinski definition) is 8. The van der Waals surface area contributed by atoms with Crippen molar-refractivity contribution in [2.75, 3.05) is 25.8 Å². The number of hydrazine groups is 1. The Hall–Kier alpha value is -3.05. The van der Waals surface area contributed by atoms with E-state index in [1.807, 2.05) is 13.8 Å². The highest BCUT2D eigenvalue weighted by atomic mass is 32.1. The number of esters is 1. The van der Waals surface area contributed by atoms with E-state index in [0.717, 1.165) is 10.4 Å². The van der Waals surface area contributed by atoms with Gasteiger partial charge < -0.3 is 24.3 Å². The molecule has 0 unspecified atom stereocenters. The second kappa shape index (κ2) is 9.63. The number of nitrogens with one attached hydrogen (secondary N) is 3. The molecule has 0 saturated carbocycles. The Kier molecular flexibility index (Phi) is 6.95. The molecule has 2 aromatic rings. The van der Waals surface area contributed by atoms with Gasteiger partial charge in [-0.3, -0.25) is 15.6 Å². The van der Waals surface area contributed by atoms with Gasteiger partial charge >= 0.3 is 5.97 Å². The van der Waals surface area contributed by atoms with E-state index in [1.165, 1.54) is 18.4 Å². The first kappa shape index (κ1) is 21.7. The summed E-state index contributed by atoms with van der Waals surface area (Å²) in [6.45, 7) is 3.81. The Morgan fingerprint density at radius 3 is 2.73 bits per heavy atom. The van der Waals surface area contributed by atoms with Gasteiger partial charge in [0.15, 0.2) is 23.2 Å². The quantitative estimate of drug-likeness (QED) is 0.347. The molecule has 0 aliphatic carbocycles. The minimum Gasteiger partial charge on any atom is -0.484 e. The normalized spacial score (nSPS) is 11.6. The molecule has 160 valence electrons. The van der Waals surface area contributed by atoms with Crippen LogP contribution in [0.5, 0.6) is 17.2 Å². The number of thiocarbonyl (C=S) groups is 1. The van der Waals surface area contributed by atoms with Crippen molar-refractivity contribution in [2.45, 2.75) is 20.3 Å². The molecule has 3 rings (SSSR count). The molecule has 2 heterocycles. The van der Waals surface area contributed by atoms with Gasteiger partial charge in [-0.1, -0.05) is 6.92 Å². The molecule has 0 radical (unpaired) electrons. The molecule has 0 atom stereocenters. The third-order valence-corrected chi connectivity index (χ3v) is 5.48. The van der Waals surface area contributed by atoms with Gasteiger partial charge in [0, 0.05) is 10.9 Å². The van der Waals surface area contributed by atoms with Gasteiger partial charge in [-0.15, -0.1) is 11.3 Å². The summed E-state index contributed by atoms with van der Waals surface area (Å²) in [6, 6.07) is 5.03. The lowest BCUT2D eigenvalue weighted by Crippen LogP contribution is -2.45. The predicted molar refractivity (Wildman–Crippen MR) is 115 cm³/mol. The summed E-state index contributed by atoms with van der Waals surface area (Å²) >= 11 is 6.59. The van der Waals surface area contributed by atoms with E-state index >= 15 is 0 Å². The van der Waals surface area contributed by atoms with Crippen LogP contribution >= 0.6 is 23.6 Å². The maximum absolute atomic E-state index is 12.1. The standard InChI is InChI=1S/C19H21N3O6S2/c1-4-12-10(2)30-17(16(12)18(24)25-3)20-19(29)22-21-15(23)8-26-11-5-6-13-14(7-11)28-9-27-13/h5-7H,4,8-9H2,1-3H3,(H,21,23)(H2,20,22,29). The molecule has 30 heavy (non-hydrogen) atoms. The zero-order valence-corrected chi connectivity index (χ0v) is 18.3. The molecule has 0 saturated heterocycles. The van der Waals surface area contributed by atoms with Crippen LogP contribution in [-0.4, -0.2) is 37.5 Å². The zero-order valence-electron chi connectivity index (χ0n) is 16.6. The molecule has 0 fully saturated rings. The molecule has 1 aromatic heterocycles. The molecular formula is C19H21N3O6S2. The number of aryl methyl sites for hydroxylation is 1. The largest absolute Gasteiger partial charge is 0.484 e. The topological polar surface area (TPSA) is 107 Å². The number of methoxy groups -OCH3 is 1. The number of hydrogen-bond donors (Lipinski definition) is 3. The van der Waals surface area contributed by atoms with Crippen molar-refractivity contribution in [2.24, 2.45) is 0 Å². The summed E-state index contributed by atoms with van der Waals surface area (Å²) in [5.41, 5.74) is 6.38. The highest BCUT2D eigenvalue weighted by molar-refractivity contribution is 7.80. The Morgan fingerprint density at radius 1 is 1.23 bits per heavy atom. The number of ether oxygens (including phenoxy) is 4. The van der Waals surface area contributed by atoms with Gasteiger partial charge in [-0.05, 0) is 43.3 Å². The first-order chi connectivity index (χ1) is 14.4. The third kappa shape index (κ3) is 4.92. The van der Waals surface area contributed by atoms with E-state index < -0.39 is 11.9 Å². The molecule has 1 aliphatic rings. The first-order valence-corrected chi connectivity index (χ1v) is 10.2. The van der Waals surface area contributed by atoms with Gasteiger partial charge in [-0.25, -0.2) is 4.79 Å². The smallest absolute Gasteiger partial charge is 0.341 e. The number of thiophene rings is 1. The SMILES string of the molecule is CCc1c(C)sc(NC(=S)NNC(=O)COc2ccc3c(c2)OCO3)c1C(=O)OC. The molecule has 1 amide bonds. The van der Waals surface area contributed by atoms with Crippen molar-refractivity contribution in [3.8, 4) is 17.2 Å². The lowest BCUT2D eigenvalue weighted by molar-refractivity contribution is -0.123. The number of rotatable bonds is 6. The summed E-state index contributed by atoms with van der Waals surface area (Å²) in [7, 11) is 1.33. The molecule has 11 heteroatoms. The van der Waals surface area contributed by atoms with E-state index in [2.05, 4.69) is 16.2 Å². The number of fused-ring (bicyclic) bond motifs is 1. The summed E-state index contributed by atoms with van der Waals surface area (Å²) < 4.78 is 20.8. The fourth-order valence-corrected chi connectivity index (χ4v) is 4.18. The van der Waals surface area contributed by atoms with Crippen LogP contribution in [0.2, 0.25) is 0 Å². The van der Waals surface area contributed by atoms with E-state index in [9.17, 15) is 9.59 Å². The van der Waals surface area contributed by atoms with Gasteiger partial charge in [0.05, 0.1) is 12.7 Å². The highest BCUT2D eigenvalue weighted by Gasteiger charge is 2.22. The van der Waals surface area contributed by atoms with Crippen LogP contribution < -0.4 is 30.4 Å². The van der Waals surface area contributed by atoms with Crippen molar-refractivity contribution in [3.05, 3.63) is 34.2 Å². The number of anilines is 1. The summed E-state index contributed by atoms with van der Waals surface area (Å²) in [4.78, 5) is 25.2. The van der Waals surface area contributed by atoms with E-state index in [-0.39, 0.29) is 18.5 Å². The van der Waals surface area contributed by atoms with Crippen LogP contribution in [0.4, 0.5) is 5.00 Å². The van der Waals surface area contributed by atoms with Crippen LogP contribution in [0.15, 0.2) is 18.2 Å². The van der Waals surface area contributed by atoms with Crippen LogP contribution in [0, 0.1) is 6.92 Å². The van der Waals surface area contributed by atoms with Crippen LogP contribution in [0.1, 0.15) is 27.7 Å². The molecule has 1 aromatic carbocycles. The van der Waals surface area contributed by atoms with Crippen LogP contribution in [0.3, 0.4) is 0 Å². The van der Waals surface area contributed by atoms with E-state index in [4.69, 9.17) is 31.2 Å². The first-order valence-electron chi connectivity index (χ1n) is 9.01. The minimum atomic E-state index is -0.443. The van der Waals surface area contributed by atoms with E-state index in [1.54, 1.807) is 18.2 Å². The summed E-state index contributed by atoms with van der Waals surface area (Å²) in [5.74, 6) is 0.782. The monoisotopic (exact) mass is 451 g/mol. The molecule has 3 N–H and O–H groups in total. The molecular weight excluding hydrogens is 430 g/mol. The van der Waals surface area contributed by atoms with Crippen molar-refractivity contribution < 1.29 is 28.5 Å². The van der Waals surface area contributed by atoms with Crippen LogP contribution in [-0.2, 0) is 16.0 Å². The number of carbonyl (C=O) groups excluding carboxylic acids is 2. The zero-order chi connectivity index (χ0) is 21.7. The highest BCUT2D eigenvalue weighted by Crippen LogP contribution is 2.35. The second-order valence-corrected chi connectivity index (χ2v) is 7.75. The lowest BCUT2D eigenvalue weighted by Gasteiger charge is -2.12. The second-order valence-electron chi connectivity index (χ2n) is 6.12. The van der Waals surface area contributed by atoms with Gasteiger partial charge in [-0.2, -0.15) is 0 Å². The fourth-order valence-electron chi connectivity index (χ4n) is 2.82. The van der Waals surface area contributed by atoms with Crippen molar-refractivity contribution in [3.63, 3.8) is 0 Å². The Bertz CT molecular complexity index is 975. The lowest BCUT2D eigenvalue weighted by atomic mass is 10.1. The molecule has 0 bridgehead atoms. The Balaban J connectivity index is 1.51. The Labute approximate surface area is 182 Å². The average Bonchev–Trinajstić information content (AvgIpc) is 3.33. The van der Waals surface area contributed by atoms with Crippen molar-refractivity contribution >= 4 is 45.5 Å². The fraction of sp³-hybridized carbons (Fsp3) is 0.316. The molecule has 1 aliphatic heterocycles. The maximum atomic E-state index is 12.1. The van der Waals surface area contributed by atoms with Gasteiger partial charge in [0.2, 0.25) is 6.79 Å².